The fourth-order valence-electron chi connectivity index (χ4n) is 0.622. The molecule has 0 aromatic heterocycles. The molecule has 1 fully saturated rings. The molecule has 2 N–H and O–H groups in total. The van der Waals surface area contributed by atoms with E-state index in [-0.39, 0.29) is 13.2 Å². The van der Waals surface area contributed by atoms with Crippen molar-refractivity contribution in [2.24, 2.45) is 0 Å². The molecule has 5 heteroatoms. The number of carbonyl (C=O) groups excluding carboxylic acids is 1. The van der Waals surface area contributed by atoms with Crippen molar-refractivity contribution in [3.63, 3.8) is 0 Å². The van der Waals surface area contributed by atoms with E-state index in [2.05, 4.69) is 9.47 Å². The summed E-state index contributed by atoms with van der Waals surface area (Å²) in [5.41, 5.74) is 0. The van der Waals surface area contributed by atoms with E-state index >= 15 is 0 Å². The van der Waals surface area contributed by atoms with Crippen LogP contribution in [0.3, 0.4) is 0 Å². The third kappa shape index (κ3) is 3.95. The van der Waals surface area contributed by atoms with Crippen molar-refractivity contribution in [1.82, 2.24) is 0 Å². The lowest BCUT2D eigenvalue weighted by Crippen LogP contribution is -1.88. The van der Waals surface area contributed by atoms with Crippen molar-refractivity contribution < 1.29 is 24.5 Å². The Morgan fingerprint density at radius 3 is 2.67 bits per heavy atom. The first-order valence-electron chi connectivity index (χ1n) is 3.42. The molecule has 0 amide bonds. The SMILES string of the molecule is CO.O=C1OC/C(=C/CCO)O1. The summed E-state index contributed by atoms with van der Waals surface area (Å²) < 4.78 is 9.00. The normalized spacial score (nSPS) is 17.9. The quantitative estimate of drug-likeness (QED) is 0.580. The number of aliphatic hydroxyl groups excluding tert-OH is 2. The molecule has 70 valence electrons. The van der Waals surface area contributed by atoms with Crippen LogP contribution < -0.4 is 0 Å². The summed E-state index contributed by atoms with van der Waals surface area (Å²) in [5, 5.41) is 15.4. The zero-order chi connectivity index (χ0) is 9.40. The highest BCUT2D eigenvalue weighted by molar-refractivity contribution is 5.64. The molecule has 0 saturated carbocycles. The third-order valence-electron chi connectivity index (χ3n) is 1.05. The van der Waals surface area contributed by atoms with E-state index < -0.39 is 6.16 Å². The highest BCUT2D eigenvalue weighted by Gasteiger charge is 2.17. The van der Waals surface area contributed by atoms with Crippen LogP contribution >= 0.6 is 0 Å². The van der Waals surface area contributed by atoms with E-state index in [1.54, 1.807) is 6.08 Å². The Labute approximate surface area is 70.2 Å². The maximum Gasteiger partial charge on any atom is 0.514 e. The molecule has 1 aliphatic heterocycles. The Kier molecular flexibility index (Phi) is 6.04. The van der Waals surface area contributed by atoms with Crippen molar-refractivity contribution in [2.75, 3.05) is 20.3 Å². The Morgan fingerprint density at radius 2 is 2.25 bits per heavy atom. The number of carbonyl (C=O) groups is 1. The van der Waals surface area contributed by atoms with Crippen LogP contribution in [0.2, 0.25) is 0 Å². The molecule has 1 heterocycles. The summed E-state index contributed by atoms with van der Waals surface area (Å²) in [6.45, 7) is 0.250. The van der Waals surface area contributed by atoms with Gasteiger partial charge in [0.05, 0.1) is 0 Å². The van der Waals surface area contributed by atoms with Gasteiger partial charge in [0.2, 0.25) is 0 Å². The maximum absolute atomic E-state index is 10.3. The molecular formula is C7H12O5. The lowest BCUT2D eigenvalue weighted by atomic mass is 10.4. The molecule has 0 unspecified atom stereocenters. The minimum atomic E-state index is -0.663. The van der Waals surface area contributed by atoms with E-state index in [9.17, 15) is 4.79 Å². The van der Waals surface area contributed by atoms with Gasteiger partial charge in [-0.3, -0.25) is 0 Å². The number of hydrogen-bond acceptors (Lipinski definition) is 5. The summed E-state index contributed by atoms with van der Waals surface area (Å²) in [5.74, 6) is 0.485. The van der Waals surface area contributed by atoms with Gasteiger partial charge in [0.1, 0.15) is 5.76 Å². The van der Waals surface area contributed by atoms with Gasteiger partial charge in [-0.25, -0.2) is 4.79 Å². The summed E-state index contributed by atoms with van der Waals surface area (Å²) in [6.07, 6.45) is 1.46. The number of aliphatic hydroxyl groups is 2. The Bertz CT molecular complexity index is 163. The van der Waals surface area contributed by atoms with Gasteiger partial charge in [0.15, 0.2) is 6.61 Å². The van der Waals surface area contributed by atoms with E-state index in [0.717, 1.165) is 7.11 Å². The minimum absolute atomic E-state index is 0.0566. The van der Waals surface area contributed by atoms with E-state index in [4.69, 9.17) is 10.2 Å². The Morgan fingerprint density at radius 1 is 1.58 bits per heavy atom. The molecule has 0 radical (unpaired) electrons. The van der Waals surface area contributed by atoms with Gasteiger partial charge in [0.25, 0.3) is 0 Å². The highest BCUT2D eigenvalue weighted by atomic mass is 16.8. The van der Waals surface area contributed by atoms with E-state index in [1.807, 2.05) is 0 Å². The molecule has 0 bridgehead atoms. The first-order valence-corrected chi connectivity index (χ1v) is 3.42. The van der Waals surface area contributed by atoms with Crippen molar-refractivity contribution >= 4 is 6.16 Å². The Balaban J connectivity index is 0.000000561. The Hall–Kier alpha value is -1.07. The summed E-state index contributed by atoms with van der Waals surface area (Å²) in [4.78, 5) is 10.3. The predicted molar refractivity (Wildman–Crippen MR) is 40.4 cm³/mol. The molecular weight excluding hydrogens is 164 g/mol. The van der Waals surface area contributed by atoms with Gasteiger partial charge in [-0.2, -0.15) is 0 Å². The second kappa shape index (κ2) is 6.63. The van der Waals surface area contributed by atoms with Crippen LogP contribution in [0.25, 0.3) is 0 Å². The van der Waals surface area contributed by atoms with Crippen molar-refractivity contribution in [3.05, 3.63) is 11.8 Å². The first-order chi connectivity index (χ1) is 5.83. The smallest absolute Gasteiger partial charge is 0.426 e. The van der Waals surface area contributed by atoms with Crippen LogP contribution in [0, 0.1) is 0 Å². The van der Waals surface area contributed by atoms with E-state index in [0.29, 0.717) is 12.2 Å². The zero-order valence-corrected chi connectivity index (χ0v) is 6.82. The van der Waals surface area contributed by atoms with Gasteiger partial charge < -0.3 is 19.7 Å². The first kappa shape index (κ1) is 10.9. The fraction of sp³-hybridized carbons (Fsp3) is 0.571. The number of hydrogen-bond donors (Lipinski definition) is 2. The van der Waals surface area contributed by atoms with Crippen LogP contribution in [-0.2, 0) is 9.47 Å². The third-order valence-corrected chi connectivity index (χ3v) is 1.05. The van der Waals surface area contributed by atoms with Gasteiger partial charge in [0, 0.05) is 13.7 Å². The average Bonchev–Trinajstić information content (AvgIpc) is 2.51. The second-order valence-electron chi connectivity index (χ2n) is 1.82. The van der Waals surface area contributed by atoms with Gasteiger partial charge in [-0.1, -0.05) is 0 Å². The number of ether oxygens (including phenoxy) is 2. The summed E-state index contributed by atoms with van der Waals surface area (Å²) in [6, 6.07) is 0. The van der Waals surface area contributed by atoms with Crippen LogP contribution in [-0.4, -0.2) is 36.7 Å². The topological polar surface area (TPSA) is 76.0 Å². The standard InChI is InChI=1S/C6H8O4.CH4O/c7-3-1-2-5-4-9-6(8)10-5;1-2/h2,7H,1,3-4H2;2H,1H3/b5-2-;. The predicted octanol–water partition coefficient (Wildman–Crippen LogP) is 0.0280. The second-order valence-corrected chi connectivity index (χ2v) is 1.82. The lowest BCUT2D eigenvalue weighted by Gasteiger charge is -1.88. The molecule has 1 saturated heterocycles. The van der Waals surface area contributed by atoms with Crippen LogP contribution in [0.5, 0.6) is 0 Å². The summed E-state index contributed by atoms with van der Waals surface area (Å²) >= 11 is 0. The largest absolute Gasteiger partial charge is 0.514 e. The van der Waals surface area contributed by atoms with Crippen LogP contribution in [0.1, 0.15) is 6.42 Å². The molecule has 0 aromatic rings. The molecule has 0 atom stereocenters. The monoisotopic (exact) mass is 176 g/mol. The number of cyclic esters (lactones) is 2. The van der Waals surface area contributed by atoms with Crippen molar-refractivity contribution in [1.29, 1.82) is 0 Å². The zero-order valence-electron chi connectivity index (χ0n) is 6.82. The van der Waals surface area contributed by atoms with E-state index in [1.165, 1.54) is 0 Å². The average molecular weight is 176 g/mol. The molecule has 0 aromatic carbocycles. The molecule has 5 nitrogen and oxygen atoms in total. The van der Waals surface area contributed by atoms with Gasteiger partial charge >= 0.3 is 6.16 Å². The van der Waals surface area contributed by atoms with Crippen molar-refractivity contribution in [2.45, 2.75) is 6.42 Å². The molecule has 1 aliphatic rings. The van der Waals surface area contributed by atoms with Gasteiger partial charge in [-0.15, -0.1) is 0 Å². The van der Waals surface area contributed by atoms with Gasteiger partial charge in [-0.05, 0) is 12.5 Å². The highest BCUT2D eigenvalue weighted by Crippen LogP contribution is 2.09. The van der Waals surface area contributed by atoms with Crippen molar-refractivity contribution in [3.8, 4) is 0 Å². The molecule has 0 spiro atoms. The molecule has 0 aliphatic carbocycles. The van der Waals surface area contributed by atoms with Crippen LogP contribution in [0.15, 0.2) is 11.8 Å². The van der Waals surface area contributed by atoms with Crippen LogP contribution in [0.4, 0.5) is 4.79 Å². The maximum atomic E-state index is 10.3. The number of rotatable bonds is 2. The fourth-order valence-corrected chi connectivity index (χ4v) is 0.622. The molecule has 12 heavy (non-hydrogen) atoms. The minimum Gasteiger partial charge on any atom is -0.426 e. The lowest BCUT2D eigenvalue weighted by molar-refractivity contribution is 0.136. The molecule has 1 rings (SSSR count). The summed E-state index contributed by atoms with van der Waals surface area (Å²) in [7, 11) is 1.00.